The number of aromatic nitrogens is 4. The first-order valence-electron chi connectivity index (χ1n) is 11.6. The van der Waals surface area contributed by atoms with E-state index in [4.69, 9.17) is 9.72 Å². The van der Waals surface area contributed by atoms with E-state index in [1.807, 2.05) is 12.1 Å². The van der Waals surface area contributed by atoms with Gasteiger partial charge in [-0.15, -0.1) is 0 Å². The molecule has 2 aliphatic heterocycles. The minimum Gasteiger partial charge on any atom is -0.381 e. The number of nitrogens with zero attached hydrogens (tertiary/aromatic N) is 4. The van der Waals surface area contributed by atoms with Gasteiger partial charge in [0.25, 0.3) is 0 Å². The third kappa shape index (κ3) is 5.25. The van der Waals surface area contributed by atoms with Crippen LogP contribution in [0.4, 0.5) is 17.5 Å². The third-order valence-electron chi connectivity index (χ3n) is 6.16. The van der Waals surface area contributed by atoms with Crippen LogP contribution >= 0.6 is 0 Å². The molecule has 4 heterocycles. The van der Waals surface area contributed by atoms with E-state index < -0.39 is 0 Å². The van der Waals surface area contributed by atoms with Crippen LogP contribution in [0, 0.1) is 18.8 Å². The molecule has 1 aromatic carbocycles. The second-order valence-electron chi connectivity index (χ2n) is 8.46. The molecule has 9 nitrogen and oxygen atoms in total. The van der Waals surface area contributed by atoms with E-state index in [1.54, 1.807) is 6.33 Å². The average molecular weight is 447 g/mol. The van der Waals surface area contributed by atoms with Crippen LogP contribution < -0.4 is 16.0 Å². The Morgan fingerprint density at radius 3 is 2.88 bits per heavy atom. The summed E-state index contributed by atoms with van der Waals surface area (Å²) in [6, 6.07) is 6.42. The number of fused-ring (bicyclic) bond motifs is 1. The van der Waals surface area contributed by atoms with Crippen LogP contribution in [0.15, 0.2) is 24.5 Å². The molecule has 9 heteroatoms. The maximum absolute atomic E-state index is 5.48. The minimum atomic E-state index is 0.323. The highest BCUT2D eigenvalue weighted by molar-refractivity contribution is 5.84. The molecule has 3 aromatic rings. The Labute approximate surface area is 193 Å². The zero-order valence-corrected chi connectivity index (χ0v) is 18.9. The molecule has 0 bridgehead atoms. The number of rotatable bonds is 5. The van der Waals surface area contributed by atoms with Gasteiger partial charge in [0.1, 0.15) is 5.52 Å². The fourth-order valence-electron chi connectivity index (χ4n) is 4.17. The number of nitrogens with one attached hydrogen (secondary N) is 4. The molecule has 172 valence electrons. The lowest BCUT2D eigenvalue weighted by molar-refractivity contribution is 0.0904. The van der Waals surface area contributed by atoms with Crippen molar-refractivity contribution in [3.63, 3.8) is 0 Å². The fraction of sp³-hybridized carbons (Fsp3) is 0.458. The summed E-state index contributed by atoms with van der Waals surface area (Å²) < 4.78 is 5.48. The summed E-state index contributed by atoms with van der Waals surface area (Å²) in [5.74, 6) is 7.95. The van der Waals surface area contributed by atoms with Crippen molar-refractivity contribution < 1.29 is 4.74 Å². The highest BCUT2D eigenvalue weighted by atomic mass is 16.5. The number of ether oxygens (including phenoxy) is 1. The highest BCUT2D eigenvalue weighted by Gasteiger charge is 2.18. The molecule has 0 saturated carbocycles. The number of H-pyrrole nitrogens is 1. The number of piperazine rings is 1. The quantitative estimate of drug-likeness (QED) is 0.443. The topological polar surface area (TPSA) is 103 Å². The Hall–Kier alpha value is -3.19. The van der Waals surface area contributed by atoms with E-state index in [-0.39, 0.29) is 0 Å². The Kier molecular flexibility index (Phi) is 6.67. The molecule has 2 aromatic heterocycles. The third-order valence-corrected chi connectivity index (χ3v) is 6.16. The lowest BCUT2D eigenvalue weighted by Crippen LogP contribution is -2.43. The monoisotopic (exact) mass is 446 g/mol. The normalized spacial score (nSPS) is 17.5. The van der Waals surface area contributed by atoms with Crippen LogP contribution in [0.1, 0.15) is 24.0 Å². The second kappa shape index (κ2) is 10.2. The van der Waals surface area contributed by atoms with Gasteiger partial charge in [0.05, 0.1) is 12.9 Å². The van der Waals surface area contributed by atoms with E-state index in [0.29, 0.717) is 17.6 Å². The Morgan fingerprint density at radius 2 is 2.03 bits per heavy atom. The van der Waals surface area contributed by atoms with E-state index in [0.717, 1.165) is 86.9 Å². The number of hydrogen-bond donors (Lipinski definition) is 4. The van der Waals surface area contributed by atoms with Crippen molar-refractivity contribution in [1.82, 2.24) is 30.2 Å². The summed E-state index contributed by atoms with van der Waals surface area (Å²) in [5.41, 5.74) is 4.48. The number of imidazole rings is 1. The Balaban J connectivity index is 1.34. The van der Waals surface area contributed by atoms with Crippen LogP contribution in [0.5, 0.6) is 0 Å². The van der Waals surface area contributed by atoms with E-state index >= 15 is 0 Å². The summed E-state index contributed by atoms with van der Waals surface area (Å²) in [6.45, 7) is 8.56. The van der Waals surface area contributed by atoms with Crippen molar-refractivity contribution in [2.45, 2.75) is 25.8 Å². The molecule has 2 fully saturated rings. The van der Waals surface area contributed by atoms with Crippen LogP contribution in [-0.4, -0.2) is 76.8 Å². The average Bonchev–Trinajstić information content (AvgIpc) is 3.32. The van der Waals surface area contributed by atoms with Crippen molar-refractivity contribution in [1.29, 1.82) is 0 Å². The summed E-state index contributed by atoms with van der Waals surface area (Å²) >= 11 is 0. The molecule has 0 spiro atoms. The van der Waals surface area contributed by atoms with Crippen molar-refractivity contribution in [2.24, 2.45) is 0 Å². The standard InChI is InChI=1S/C24H30N8O/c1-17-18(5-3-11-32-12-9-25-10-13-32)4-2-6-20(17)29-24-30-22-21(26-16-27-22)23(31-24)28-19-7-14-33-15-8-19/h2,4,6,16,19,25H,7-15H2,1H3,(H3,26,27,28,29,30,31). The first kappa shape index (κ1) is 21.6. The molecule has 5 rings (SSSR count). The lowest BCUT2D eigenvalue weighted by Gasteiger charge is -2.24. The van der Waals surface area contributed by atoms with Gasteiger partial charge in [-0.25, -0.2) is 4.98 Å². The van der Waals surface area contributed by atoms with Crippen molar-refractivity contribution in [3.8, 4) is 11.8 Å². The van der Waals surface area contributed by atoms with E-state index in [2.05, 4.69) is 60.6 Å². The smallest absolute Gasteiger partial charge is 0.231 e. The number of aromatic amines is 1. The summed E-state index contributed by atoms with van der Waals surface area (Å²) in [5, 5.41) is 10.3. The van der Waals surface area contributed by atoms with Crippen LogP contribution in [0.3, 0.4) is 0 Å². The van der Waals surface area contributed by atoms with Gasteiger partial charge in [-0.2, -0.15) is 9.97 Å². The zero-order chi connectivity index (χ0) is 22.5. The maximum Gasteiger partial charge on any atom is 0.231 e. The van der Waals surface area contributed by atoms with Crippen molar-refractivity contribution in [2.75, 3.05) is 56.6 Å². The molecular weight excluding hydrogens is 416 g/mol. The molecule has 2 aliphatic rings. The van der Waals surface area contributed by atoms with Gasteiger partial charge >= 0.3 is 0 Å². The van der Waals surface area contributed by atoms with Gasteiger partial charge in [0.2, 0.25) is 5.95 Å². The molecule has 0 radical (unpaired) electrons. The van der Waals surface area contributed by atoms with E-state index in [1.165, 1.54) is 0 Å². The van der Waals surface area contributed by atoms with Crippen LogP contribution in [0.2, 0.25) is 0 Å². The summed E-state index contributed by atoms with van der Waals surface area (Å²) in [4.78, 5) is 19.3. The van der Waals surface area contributed by atoms with Gasteiger partial charge in [0.15, 0.2) is 11.5 Å². The van der Waals surface area contributed by atoms with E-state index in [9.17, 15) is 0 Å². The SMILES string of the molecule is Cc1c(C#CCN2CCNCC2)cccc1Nc1nc(NC2CCOCC2)c2[nH]cnc2n1. The molecule has 0 amide bonds. The maximum atomic E-state index is 5.48. The molecule has 33 heavy (non-hydrogen) atoms. The van der Waals surface area contributed by atoms with Crippen molar-refractivity contribution in [3.05, 3.63) is 35.7 Å². The predicted molar refractivity (Wildman–Crippen MR) is 130 cm³/mol. The zero-order valence-electron chi connectivity index (χ0n) is 18.9. The summed E-state index contributed by atoms with van der Waals surface area (Å²) in [7, 11) is 0. The van der Waals surface area contributed by atoms with Gasteiger partial charge in [-0.1, -0.05) is 17.9 Å². The number of benzene rings is 1. The second-order valence-corrected chi connectivity index (χ2v) is 8.46. The van der Waals surface area contributed by atoms with Crippen LogP contribution in [-0.2, 0) is 4.74 Å². The first-order chi connectivity index (χ1) is 16.3. The Bertz CT molecular complexity index is 1150. The molecule has 0 unspecified atom stereocenters. The van der Waals surface area contributed by atoms with Crippen LogP contribution in [0.25, 0.3) is 11.2 Å². The number of anilines is 3. The lowest BCUT2D eigenvalue weighted by atomic mass is 10.1. The summed E-state index contributed by atoms with van der Waals surface area (Å²) in [6.07, 6.45) is 3.56. The molecule has 0 aliphatic carbocycles. The molecule has 4 N–H and O–H groups in total. The van der Waals surface area contributed by atoms with Gasteiger partial charge in [-0.05, 0) is 37.5 Å². The Morgan fingerprint density at radius 1 is 1.18 bits per heavy atom. The molecular formula is C24H30N8O. The number of hydrogen-bond acceptors (Lipinski definition) is 8. The predicted octanol–water partition coefficient (Wildman–Crippen LogP) is 2.25. The van der Waals surface area contributed by atoms with Crippen molar-refractivity contribution >= 4 is 28.6 Å². The first-order valence-corrected chi connectivity index (χ1v) is 11.6. The van der Waals surface area contributed by atoms with Gasteiger partial charge in [0, 0.05) is 56.7 Å². The molecule has 2 saturated heterocycles. The molecule has 0 atom stereocenters. The highest BCUT2D eigenvalue weighted by Crippen LogP contribution is 2.25. The van der Waals surface area contributed by atoms with Gasteiger partial charge < -0.3 is 25.7 Å². The minimum absolute atomic E-state index is 0.323. The van der Waals surface area contributed by atoms with Gasteiger partial charge in [-0.3, -0.25) is 4.90 Å². The largest absolute Gasteiger partial charge is 0.381 e. The fourth-order valence-corrected chi connectivity index (χ4v) is 4.17.